The number of fused-ring (bicyclic) bond motifs is 1. The summed E-state index contributed by atoms with van der Waals surface area (Å²) in [6.45, 7) is 4.89. The van der Waals surface area contributed by atoms with Crippen molar-refractivity contribution in [1.82, 2.24) is 5.32 Å². The molecule has 0 aromatic heterocycles. The molecule has 2 aromatic carbocycles. The first-order chi connectivity index (χ1) is 12.1. The monoisotopic (exact) mass is 376 g/mol. The molecule has 0 saturated carbocycles. The first kappa shape index (κ1) is 20.1. The van der Waals surface area contributed by atoms with Gasteiger partial charge in [0, 0.05) is 19.5 Å². The van der Waals surface area contributed by atoms with E-state index in [2.05, 4.69) is 18.3 Å². The minimum Gasteiger partial charge on any atom is -0.497 e. The number of nitrogens with one attached hydrogen (secondary N) is 1. The number of methoxy groups -OCH3 is 1. The van der Waals surface area contributed by atoms with Crippen molar-refractivity contribution < 1.29 is 14.3 Å². The molecule has 0 radical (unpaired) electrons. The Morgan fingerprint density at radius 2 is 2.08 bits per heavy atom. The quantitative estimate of drug-likeness (QED) is 0.866. The van der Waals surface area contributed by atoms with Crippen molar-refractivity contribution in [3.63, 3.8) is 0 Å². The molecule has 6 heteroatoms. The molecular formula is C20H25ClN2O3. The molecule has 1 N–H and O–H groups in total. The average molecular weight is 377 g/mol. The number of hydrogen-bond donors (Lipinski definition) is 1. The second kappa shape index (κ2) is 8.92. The largest absolute Gasteiger partial charge is 0.497 e. The van der Waals surface area contributed by atoms with Crippen LogP contribution in [0.15, 0.2) is 48.5 Å². The van der Waals surface area contributed by atoms with Crippen molar-refractivity contribution in [1.29, 1.82) is 0 Å². The Morgan fingerprint density at radius 3 is 2.81 bits per heavy atom. The molecule has 1 unspecified atom stereocenters. The Hall–Kier alpha value is -2.24. The van der Waals surface area contributed by atoms with Gasteiger partial charge in [-0.1, -0.05) is 24.3 Å². The van der Waals surface area contributed by atoms with Crippen molar-refractivity contribution in [2.75, 3.05) is 25.1 Å². The van der Waals surface area contributed by atoms with E-state index in [1.165, 1.54) is 0 Å². The zero-order valence-corrected chi connectivity index (χ0v) is 16.1. The summed E-state index contributed by atoms with van der Waals surface area (Å²) in [5.41, 5.74) is 1.99. The molecule has 1 amide bonds. The summed E-state index contributed by atoms with van der Waals surface area (Å²) in [6.07, 6.45) is -0.0909. The summed E-state index contributed by atoms with van der Waals surface area (Å²) in [7, 11) is 1.67. The summed E-state index contributed by atoms with van der Waals surface area (Å²) < 4.78 is 11.3. The highest BCUT2D eigenvalue weighted by atomic mass is 35.5. The van der Waals surface area contributed by atoms with Crippen LogP contribution in [0.4, 0.5) is 5.69 Å². The SMILES string of the molecule is COc1cccc([C@@H](C)NCC2CN(C(C)=O)c3ccccc3O2)c1.Cl. The Bertz CT molecular complexity index is 753. The number of ether oxygens (including phenoxy) is 2. The third-order valence-corrected chi connectivity index (χ3v) is 4.46. The summed E-state index contributed by atoms with van der Waals surface area (Å²) in [5, 5.41) is 3.49. The van der Waals surface area contributed by atoms with Gasteiger partial charge in [-0.15, -0.1) is 12.4 Å². The molecule has 26 heavy (non-hydrogen) atoms. The van der Waals surface area contributed by atoms with Gasteiger partial charge in [-0.25, -0.2) is 0 Å². The molecule has 0 spiro atoms. The van der Waals surface area contributed by atoms with E-state index in [0.717, 1.165) is 22.7 Å². The van der Waals surface area contributed by atoms with Gasteiger partial charge in [0.05, 0.1) is 19.3 Å². The number of para-hydroxylation sites is 2. The molecular weight excluding hydrogens is 352 g/mol. The second-order valence-corrected chi connectivity index (χ2v) is 6.24. The lowest BCUT2D eigenvalue weighted by atomic mass is 10.1. The Labute approximate surface area is 160 Å². The van der Waals surface area contributed by atoms with E-state index in [0.29, 0.717) is 13.1 Å². The van der Waals surface area contributed by atoms with Gasteiger partial charge < -0.3 is 19.7 Å². The first-order valence-corrected chi connectivity index (χ1v) is 8.49. The first-order valence-electron chi connectivity index (χ1n) is 8.49. The smallest absolute Gasteiger partial charge is 0.224 e. The van der Waals surface area contributed by atoms with Crippen molar-refractivity contribution in [3.8, 4) is 11.5 Å². The summed E-state index contributed by atoms with van der Waals surface area (Å²) in [4.78, 5) is 13.8. The molecule has 1 aliphatic heterocycles. The van der Waals surface area contributed by atoms with E-state index in [-0.39, 0.29) is 30.5 Å². The van der Waals surface area contributed by atoms with Crippen LogP contribution in [0.2, 0.25) is 0 Å². The number of hydrogen-bond acceptors (Lipinski definition) is 4. The minimum atomic E-state index is -0.0909. The van der Waals surface area contributed by atoms with Crippen LogP contribution in [0, 0.1) is 0 Å². The van der Waals surface area contributed by atoms with Crippen LogP contribution in [0.1, 0.15) is 25.5 Å². The van der Waals surface area contributed by atoms with E-state index < -0.39 is 0 Å². The van der Waals surface area contributed by atoms with Gasteiger partial charge in [-0.3, -0.25) is 4.79 Å². The van der Waals surface area contributed by atoms with Crippen LogP contribution in [-0.4, -0.2) is 32.2 Å². The highest BCUT2D eigenvalue weighted by Crippen LogP contribution is 2.33. The lowest BCUT2D eigenvalue weighted by Gasteiger charge is -2.35. The molecule has 2 atom stereocenters. The average Bonchev–Trinajstić information content (AvgIpc) is 2.65. The predicted molar refractivity (Wildman–Crippen MR) is 106 cm³/mol. The standard InChI is InChI=1S/C20H24N2O3.ClH/c1-14(16-7-6-8-17(11-16)24-3)21-12-18-13-22(15(2)23)19-9-4-5-10-20(19)25-18;/h4-11,14,18,21H,12-13H2,1-3H3;1H/t14-,18?;/m1./s1. The molecule has 5 nitrogen and oxygen atoms in total. The molecule has 2 aromatic rings. The Kier molecular flexibility index (Phi) is 6.89. The second-order valence-electron chi connectivity index (χ2n) is 6.24. The van der Waals surface area contributed by atoms with E-state index >= 15 is 0 Å². The van der Waals surface area contributed by atoms with Crippen LogP contribution in [0.25, 0.3) is 0 Å². The number of anilines is 1. The minimum absolute atomic E-state index is 0. The van der Waals surface area contributed by atoms with Crippen molar-refractivity contribution in [2.24, 2.45) is 0 Å². The predicted octanol–water partition coefficient (Wildman–Crippen LogP) is 3.58. The fourth-order valence-electron chi connectivity index (χ4n) is 3.04. The van der Waals surface area contributed by atoms with Gasteiger partial charge >= 0.3 is 0 Å². The molecule has 0 fully saturated rings. The number of amides is 1. The molecule has 140 valence electrons. The highest BCUT2D eigenvalue weighted by Gasteiger charge is 2.27. The van der Waals surface area contributed by atoms with Crippen molar-refractivity contribution in [2.45, 2.75) is 26.0 Å². The zero-order chi connectivity index (χ0) is 17.8. The third kappa shape index (κ3) is 4.48. The third-order valence-electron chi connectivity index (χ3n) is 4.46. The lowest BCUT2D eigenvalue weighted by Crippen LogP contribution is -2.47. The van der Waals surface area contributed by atoms with Crippen molar-refractivity contribution in [3.05, 3.63) is 54.1 Å². The van der Waals surface area contributed by atoms with Gasteiger partial charge in [0.1, 0.15) is 17.6 Å². The molecule has 0 saturated heterocycles. The molecule has 0 aliphatic carbocycles. The summed E-state index contributed by atoms with van der Waals surface area (Å²) in [6, 6.07) is 15.8. The Morgan fingerprint density at radius 1 is 1.31 bits per heavy atom. The summed E-state index contributed by atoms with van der Waals surface area (Å²) in [5.74, 6) is 1.63. The molecule has 0 bridgehead atoms. The fourth-order valence-corrected chi connectivity index (χ4v) is 3.04. The zero-order valence-electron chi connectivity index (χ0n) is 15.3. The number of carbonyl (C=O) groups excluding carboxylic acids is 1. The topological polar surface area (TPSA) is 50.8 Å². The normalized spacial score (nSPS) is 16.7. The maximum Gasteiger partial charge on any atom is 0.224 e. The highest BCUT2D eigenvalue weighted by molar-refractivity contribution is 5.93. The maximum absolute atomic E-state index is 12.0. The van der Waals surface area contributed by atoms with Gasteiger partial charge in [-0.2, -0.15) is 0 Å². The van der Waals surface area contributed by atoms with E-state index in [1.54, 1.807) is 18.9 Å². The van der Waals surface area contributed by atoms with Gasteiger partial charge in [0.2, 0.25) is 5.91 Å². The Balaban J connectivity index is 0.00000243. The van der Waals surface area contributed by atoms with Crippen molar-refractivity contribution >= 4 is 24.0 Å². The van der Waals surface area contributed by atoms with Gasteiger partial charge in [-0.05, 0) is 36.8 Å². The summed E-state index contributed by atoms with van der Waals surface area (Å²) >= 11 is 0. The number of nitrogens with zero attached hydrogens (tertiary/aromatic N) is 1. The van der Waals surface area contributed by atoms with Gasteiger partial charge in [0.15, 0.2) is 0 Å². The van der Waals surface area contributed by atoms with Crippen LogP contribution in [0.5, 0.6) is 11.5 Å². The number of benzene rings is 2. The number of halogens is 1. The van der Waals surface area contributed by atoms with E-state index in [9.17, 15) is 4.79 Å². The molecule has 1 aliphatic rings. The molecule has 1 heterocycles. The van der Waals surface area contributed by atoms with E-state index in [4.69, 9.17) is 9.47 Å². The molecule has 3 rings (SSSR count). The van der Waals surface area contributed by atoms with Crippen LogP contribution in [-0.2, 0) is 4.79 Å². The number of rotatable bonds is 5. The fraction of sp³-hybridized carbons (Fsp3) is 0.350. The van der Waals surface area contributed by atoms with Crippen LogP contribution >= 0.6 is 12.4 Å². The van der Waals surface area contributed by atoms with E-state index in [1.807, 2.05) is 42.5 Å². The lowest BCUT2D eigenvalue weighted by molar-refractivity contribution is -0.117. The van der Waals surface area contributed by atoms with Crippen LogP contribution < -0.4 is 19.7 Å². The van der Waals surface area contributed by atoms with Gasteiger partial charge in [0.25, 0.3) is 0 Å². The number of carbonyl (C=O) groups is 1. The van der Waals surface area contributed by atoms with Crippen LogP contribution in [0.3, 0.4) is 0 Å². The maximum atomic E-state index is 12.0.